The third kappa shape index (κ3) is 3.99. The number of nitrogens with one attached hydrogen (secondary N) is 1. The highest BCUT2D eigenvalue weighted by molar-refractivity contribution is 9.10. The van der Waals surface area contributed by atoms with E-state index in [-0.39, 0.29) is 6.04 Å². The fourth-order valence-electron chi connectivity index (χ4n) is 1.89. The predicted molar refractivity (Wildman–Crippen MR) is 96.3 cm³/mol. The van der Waals surface area contributed by atoms with Gasteiger partial charge in [-0.1, -0.05) is 52.1 Å². The molecule has 0 bridgehead atoms. The minimum Gasteiger partial charge on any atom is -0.306 e. The van der Waals surface area contributed by atoms with Crippen LogP contribution in [0.25, 0.3) is 0 Å². The van der Waals surface area contributed by atoms with E-state index in [1.807, 2.05) is 18.2 Å². The molecule has 0 aliphatic rings. The van der Waals surface area contributed by atoms with Crippen molar-refractivity contribution in [2.45, 2.75) is 19.4 Å². The Kier molecular flexibility index (Phi) is 6.39. The van der Waals surface area contributed by atoms with Crippen LogP contribution in [0.15, 0.2) is 33.2 Å². The molecule has 20 heavy (non-hydrogen) atoms. The van der Waals surface area contributed by atoms with Crippen molar-refractivity contribution in [3.8, 4) is 0 Å². The first-order valence-corrected chi connectivity index (χ1v) is 9.31. The van der Waals surface area contributed by atoms with Crippen LogP contribution < -0.4 is 5.32 Å². The molecule has 0 spiro atoms. The number of thiophene rings is 1. The zero-order chi connectivity index (χ0) is 14.7. The van der Waals surface area contributed by atoms with E-state index in [1.54, 1.807) is 11.3 Å². The normalized spacial score (nSPS) is 12.7. The van der Waals surface area contributed by atoms with E-state index in [1.165, 1.54) is 0 Å². The number of hydrogen-bond acceptors (Lipinski definition) is 2. The van der Waals surface area contributed by atoms with E-state index in [4.69, 9.17) is 23.2 Å². The highest BCUT2D eigenvalue weighted by Crippen LogP contribution is 2.39. The minimum atomic E-state index is 0.0596. The largest absolute Gasteiger partial charge is 0.306 e. The number of halogens is 4. The van der Waals surface area contributed by atoms with Crippen LogP contribution in [0.1, 0.15) is 29.8 Å². The summed E-state index contributed by atoms with van der Waals surface area (Å²) in [6, 6.07) is 8.08. The molecular weight excluding hydrogens is 445 g/mol. The summed E-state index contributed by atoms with van der Waals surface area (Å²) in [7, 11) is 0. The van der Waals surface area contributed by atoms with Crippen molar-refractivity contribution in [2.24, 2.45) is 0 Å². The van der Waals surface area contributed by atoms with Crippen LogP contribution in [-0.2, 0) is 0 Å². The molecule has 0 amide bonds. The van der Waals surface area contributed by atoms with Crippen LogP contribution in [0.3, 0.4) is 0 Å². The smallest absolute Gasteiger partial charge is 0.107 e. The van der Waals surface area contributed by atoms with Crippen LogP contribution in [0.4, 0.5) is 0 Å². The number of rotatable bonds is 5. The molecule has 0 saturated carbocycles. The molecule has 1 nitrogen and oxygen atoms in total. The van der Waals surface area contributed by atoms with Crippen LogP contribution in [-0.4, -0.2) is 6.54 Å². The molecule has 0 fully saturated rings. The van der Waals surface area contributed by atoms with Crippen molar-refractivity contribution >= 4 is 66.4 Å². The van der Waals surface area contributed by atoms with E-state index < -0.39 is 0 Å². The molecule has 0 radical (unpaired) electrons. The lowest BCUT2D eigenvalue weighted by molar-refractivity contribution is 0.606. The molecule has 1 atom stereocenters. The Labute approximate surface area is 149 Å². The summed E-state index contributed by atoms with van der Waals surface area (Å²) in [5.41, 5.74) is 1.06. The summed E-state index contributed by atoms with van der Waals surface area (Å²) in [6.07, 6.45) is 1.06. The highest BCUT2D eigenvalue weighted by atomic mass is 79.9. The third-order valence-electron chi connectivity index (χ3n) is 2.82. The van der Waals surface area contributed by atoms with Crippen molar-refractivity contribution < 1.29 is 0 Å². The van der Waals surface area contributed by atoms with Gasteiger partial charge in [0, 0.05) is 18.8 Å². The molecule has 0 aliphatic carbocycles. The molecule has 0 saturated heterocycles. The first-order valence-electron chi connectivity index (χ1n) is 6.16. The Morgan fingerprint density at radius 2 is 2.00 bits per heavy atom. The van der Waals surface area contributed by atoms with Gasteiger partial charge < -0.3 is 5.32 Å². The summed E-state index contributed by atoms with van der Waals surface area (Å²) < 4.78 is 2.66. The molecule has 1 unspecified atom stereocenters. The molecule has 2 rings (SSSR count). The number of hydrogen-bond donors (Lipinski definition) is 1. The third-order valence-corrected chi connectivity index (χ3v) is 6.18. The number of benzene rings is 1. The van der Waals surface area contributed by atoms with Crippen molar-refractivity contribution in [1.29, 1.82) is 0 Å². The Morgan fingerprint density at radius 3 is 2.55 bits per heavy atom. The second-order valence-electron chi connectivity index (χ2n) is 4.32. The lowest BCUT2D eigenvalue weighted by atomic mass is 10.1. The highest BCUT2D eigenvalue weighted by Gasteiger charge is 2.20. The van der Waals surface area contributed by atoms with E-state index in [0.29, 0.717) is 0 Å². The molecule has 1 aromatic carbocycles. The maximum absolute atomic E-state index is 6.39. The molecule has 1 heterocycles. The zero-order valence-electron chi connectivity index (χ0n) is 10.7. The Bertz CT molecular complexity index is 581. The summed E-state index contributed by atoms with van der Waals surface area (Å²) >= 11 is 21.0. The van der Waals surface area contributed by atoms with Crippen LogP contribution in [0.2, 0.25) is 9.36 Å². The molecule has 0 aliphatic heterocycles. The first-order chi connectivity index (χ1) is 9.52. The second kappa shape index (κ2) is 7.61. The molecule has 2 aromatic rings. The van der Waals surface area contributed by atoms with Gasteiger partial charge in [-0.05, 0) is 52.7 Å². The quantitative estimate of drug-likeness (QED) is 0.528. The van der Waals surface area contributed by atoms with E-state index in [0.717, 1.165) is 41.7 Å². The van der Waals surface area contributed by atoms with Gasteiger partial charge in [0.25, 0.3) is 0 Å². The SMILES string of the molecule is CCCNC(c1cc(Br)c(Cl)s1)c1ccc(Br)cc1Cl. The van der Waals surface area contributed by atoms with Gasteiger partial charge in [0.1, 0.15) is 4.34 Å². The van der Waals surface area contributed by atoms with Crippen LogP contribution in [0, 0.1) is 0 Å². The van der Waals surface area contributed by atoms with Gasteiger partial charge in [0.05, 0.1) is 6.04 Å². The Balaban J connectivity index is 2.41. The summed E-state index contributed by atoms with van der Waals surface area (Å²) in [5, 5.41) is 4.28. The monoisotopic (exact) mass is 455 g/mol. The molecule has 108 valence electrons. The van der Waals surface area contributed by atoms with Gasteiger partial charge in [0.15, 0.2) is 0 Å². The van der Waals surface area contributed by atoms with Crippen LogP contribution in [0.5, 0.6) is 0 Å². The molecule has 6 heteroatoms. The topological polar surface area (TPSA) is 12.0 Å². The molecular formula is C14H13Br2Cl2NS. The van der Waals surface area contributed by atoms with Gasteiger partial charge in [-0.3, -0.25) is 0 Å². The minimum absolute atomic E-state index is 0.0596. The van der Waals surface area contributed by atoms with E-state index >= 15 is 0 Å². The standard InChI is InChI=1S/C14H13Br2Cl2NS/c1-2-5-19-13(12-7-10(16)14(18)20-12)9-4-3-8(15)6-11(9)17/h3-4,6-7,13,19H,2,5H2,1H3. The fraction of sp³-hybridized carbons (Fsp3) is 0.286. The Hall–Kier alpha value is 0.420. The van der Waals surface area contributed by atoms with Gasteiger partial charge in [-0.2, -0.15) is 0 Å². The lowest BCUT2D eigenvalue weighted by Crippen LogP contribution is -2.22. The maximum atomic E-state index is 6.39. The van der Waals surface area contributed by atoms with Gasteiger partial charge >= 0.3 is 0 Å². The van der Waals surface area contributed by atoms with Gasteiger partial charge in [0.2, 0.25) is 0 Å². The zero-order valence-corrected chi connectivity index (χ0v) is 16.2. The van der Waals surface area contributed by atoms with Gasteiger partial charge in [-0.15, -0.1) is 11.3 Å². The van der Waals surface area contributed by atoms with Crippen molar-refractivity contribution in [3.05, 3.63) is 53.0 Å². The Morgan fingerprint density at radius 1 is 1.25 bits per heavy atom. The summed E-state index contributed by atoms with van der Waals surface area (Å²) in [6.45, 7) is 3.06. The molecule has 1 N–H and O–H groups in total. The average Bonchev–Trinajstić information content (AvgIpc) is 2.72. The van der Waals surface area contributed by atoms with Crippen LogP contribution >= 0.6 is 66.4 Å². The summed E-state index contributed by atoms with van der Waals surface area (Å²) in [5.74, 6) is 0. The second-order valence-corrected chi connectivity index (χ2v) is 8.19. The van der Waals surface area contributed by atoms with Crippen molar-refractivity contribution in [3.63, 3.8) is 0 Å². The maximum Gasteiger partial charge on any atom is 0.107 e. The lowest BCUT2D eigenvalue weighted by Gasteiger charge is -2.19. The fourth-order valence-corrected chi connectivity index (χ4v) is 4.51. The van der Waals surface area contributed by atoms with Crippen molar-refractivity contribution in [1.82, 2.24) is 5.32 Å². The van der Waals surface area contributed by atoms with E-state index in [2.05, 4.69) is 50.2 Å². The summed E-state index contributed by atoms with van der Waals surface area (Å²) in [4.78, 5) is 1.15. The first kappa shape index (κ1) is 16.8. The van der Waals surface area contributed by atoms with Gasteiger partial charge in [-0.25, -0.2) is 0 Å². The van der Waals surface area contributed by atoms with Crippen molar-refractivity contribution in [2.75, 3.05) is 6.54 Å². The predicted octanol–water partition coefficient (Wildman–Crippen LogP) is 6.67. The average molecular weight is 458 g/mol. The van der Waals surface area contributed by atoms with E-state index in [9.17, 15) is 0 Å². The molecule has 1 aromatic heterocycles.